The first-order valence-corrected chi connectivity index (χ1v) is 8.27. The van der Waals surface area contributed by atoms with Gasteiger partial charge in [0.05, 0.1) is 5.56 Å². The minimum atomic E-state index is -0.957. The van der Waals surface area contributed by atoms with Gasteiger partial charge in [0.25, 0.3) is 0 Å². The van der Waals surface area contributed by atoms with E-state index in [1.54, 1.807) is 28.0 Å². The highest BCUT2D eigenvalue weighted by molar-refractivity contribution is 7.85. The van der Waals surface area contributed by atoms with Gasteiger partial charge < -0.3 is 14.9 Å². The summed E-state index contributed by atoms with van der Waals surface area (Å²) in [6.07, 6.45) is 0. The summed E-state index contributed by atoms with van der Waals surface area (Å²) in [5, 5.41) is 9.00. The molecule has 3 rings (SSSR count). The van der Waals surface area contributed by atoms with Gasteiger partial charge in [-0.15, -0.1) is 0 Å². The van der Waals surface area contributed by atoms with Crippen molar-refractivity contribution in [3.63, 3.8) is 0 Å². The Bertz CT molecular complexity index is 621. The van der Waals surface area contributed by atoms with Crippen molar-refractivity contribution in [2.45, 2.75) is 13.1 Å². The third kappa shape index (κ3) is 2.78. The Morgan fingerprint density at radius 2 is 1.71 bits per heavy atom. The van der Waals surface area contributed by atoms with Crippen LogP contribution in [0.3, 0.4) is 0 Å². The zero-order valence-corrected chi connectivity index (χ0v) is 12.3. The molecule has 112 valence electrons. The van der Waals surface area contributed by atoms with Crippen molar-refractivity contribution in [2.24, 2.45) is 0 Å². The fourth-order valence-electron chi connectivity index (χ4n) is 2.69. The summed E-state index contributed by atoms with van der Waals surface area (Å²) < 4.78 is 11.3. The lowest BCUT2D eigenvalue weighted by atomic mass is 10.1. The number of amides is 2. The van der Waals surface area contributed by atoms with Crippen LogP contribution in [0, 0.1) is 0 Å². The summed E-state index contributed by atoms with van der Waals surface area (Å²) >= 11 is 0. The SMILES string of the molecule is O=C(O)c1ccc2c(c1)CN(C(=O)N1CCS(=O)CC1)C2. The molecule has 0 aromatic heterocycles. The lowest BCUT2D eigenvalue weighted by Crippen LogP contribution is -2.47. The molecule has 0 saturated carbocycles. The van der Waals surface area contributed by atoms with Crippen LogP contribution in [-0.2, 0) is 23.9 Å². The number of carbonyl (C=O) groups is 2. The Morgan fingerprint density at radius 1 is 1.05 bits per heavy atom. The van der Waals surface area contributed by atoms with Crippen LogP contribution in [-0.4, -0.2) is 55.7 Å². The summed E-state index contributed by atoms with van der Waals surface area (Å²) in [5.41, 5.74) is 2.13. The number of benzene rings is 1. The fraction of sp³-hybridized carbons (Fsp3) is 0.429. The third-order valence-electron chi connectivity index (χ3n) is 3.89. The molecule has 2 heterocycles. The first kappa shape index (κ1) is 14.1. The average Bonchev–Trinajstić information content (AvgIpc) is 2.90. The van der Waals surface area contributed by atoms with Crippen LogP contribution in [0.1, 0.15) is 21.5 Å². The maximum absolute atomic E-state index is 12.4. The first-order chi connectivity index (χ1) is 10.0. The molecular weight excluding hydrogens is 292 g/mol. The molecule has 0 bridgehead atoms. The molecule has 1 aromatic carbocycles. The van der Waals surface area contributed by atoms with E-state index in [0.29, 0.717) is 37.7 Å². The second-order valence-corrected chi connectivity index (χ2v) is 6.96. The molecule has 1 saturated heterocycles. The van der Waals surface area contributed by atoms with Crippen LogP contribution in [0.2, 0.25) is 0 Å². The molecule has 1 fully saturated rings. The molecule has 0 aliphatic carbocycles. The van der Waals surface area contributed by atoms with Crippen LogP contribution in [0.4, 0.5) is 4.79 Å². The second-order valence-electron chi connectivity index (χ2n) is 5.26. The third-order valence-corrected chi connectivity index (χ3v) is 5.17. The molecule has 0 atom stereocenters. The molecule has 2 aliphatic rings. The van der Waals surface area contributed by atoms with Crippen LogP contribution >= 0.6 is 0 Å². The minimum absolute atomic E-state index is 0.0558. The molecular formula is C14H16N2O4S. The Hall–Kier alpha value is -1.89. The molecule has 6 nitrogen and oxygen atoms in total. The van der Waals surface area contributed by atoms with Gasteiger partial charge in [-0.25, -0.2) is 9.59 Å². The first-order valence-electron chi connectivity index (χ1n) is 6.78. The number of fused-ring (bicyclic) bond motifs is 1. The number of carbonyl (C=O) groups excluding carboxylic acids is 1. The quantitative estimate of drug-likeness (QED) is 0.835. The largest absolute Gasteiger partial charge is 0.478 e. The fourth-order valence-corrected chi connectivity index (χ4v) is 3.74. The number of aromatic carboxylic acids is 1. The standard InChI is InChI=1S/C14H16N2O4S/c17-13(18)10-1-2-11-8-16(9-12(11)7-10)14(19)15-3-5-21(20)6-4-15/h1-2,7H,3-6,8-9H2,(H,17,18). The van der Waals surface area contributed by atoms with E-state index in [1.165, 1.54) is 0 Å². The number of carboxylic acids is 1. The number of carboxylic acid groups (broad SMARTS) is 1. The van der Waals surface area contributed by atoms with E-state index in [-0.39, 0.29) is 11.6 Å². The van der Waals surface area contributed by atoms with Crippen molar-refractivity contribution in [1.82, 2.24) is 9.80 Å². The van der Waals surface area contributed by atoms with Gasteiger partial charge in [0.15, 0.2) is 0 Å². The molecule has 2 amide bonds. The predicted molar refractivity (Wildman–Crippen MR) is 77.5 cm³/mol. The van der Waals surface area contributed by atoms with E-state index in [9.17, 15) is 13.8 Å². The Balaban J connectivity index is 1.71. The predicted octanol–water partition coefficient (Wildman–Crippen LogP) is 0.885. The van der Waals surface area contributed by atoms with Gasteiger partial charge in [-0.2, -0.15) is 0 Å². The maximum Gasteiger partial charge on any atom is 0.335 e. The van der Waals surface area contributed by atoms with E-state index in [1.807, 2.05) is 0 Å². The number of nitrogens with zero attached hydrogens (tertiary/aromatic N) is 2. The van der Waals surface area contributed by atoms with Crippen LogP contribution < -0.4 is 0 Å². The smallest absolute Gasteiger partial charge is 0.335 e. The second kappa shape index (κ2) is 5.48. The van der Waals surface area contributed by atoms with Crippen LogP contribution in [0.5, 0.6) is 0 Å². The Kier molecular flexibility index (Phi) is 3.67. The van der Waals surface area contributed by atoms with E-state index >= 15 is 0 Å². The zero-order valence-electron chi connectivity index (χ0n) is 11.4. The van der Waals surface area contributed by atoms with E-state index in [4.69, 9.17) is 5.11 Å². The van der Waals surface area contributed by atoms with Crippen LogP contribution in [0.15, 0.2) is 18.2 Å². The lowest BCUT2D eigenvalue weighted by Gasteiger charge is -2.30. The molecule has 2 aliphatic heterocycles. The summed E-state index contributed by atoms with van der Waals surface area (Å²) in [6.45, 7) is 2.00. The van der Waals surface area contributed by atoms with E-state index in [0.717, 1.165) is 11.1 Å². The van der Waals surface area contributed by atoms with Crippen molar-refractivity contribution in [1.29, 1.82) is 0 Å². The van der Waals surface area contributed by atoms with Gasteiger partial charge in [0.1, 0.15) is 0 Å². The van der Waals surface area contributed by atoms with Gasteiger partial charge >= 0.3 is 12.0 Å². The van der Waals surface area contributed by atoms with Gasteiger partial charge in [-0.3, -0.25) is 4.21 Å². The van der Waals surface area contributed by atoms with Crippen molar-refractivity contribution >= 4 is 22.8 Å². The van der Waals surface area contributed by atoms with E-state index < -0.39 is 16.8 Å². The molecule has 0 spiro atoms. The highest BCUT2D eigenvalue weighted by Crippen LogP contribution is 2.25. The van der Waals surface area contributed by atoms with Crippen molar-refractivity contribution in [3.8, 4) is 0 Å². The zero-order chi connectivity index (χ0) is 15.0. The lowest BCUT2D eigenvalue weighted by molar-refractivity contribution is 0.0696. The monoisotopic (exact) mass is 308 g/mol. The summed E-state index contributed by atoms with van der Waals surface area (Å²) in [6, 6.07) is 4.92. The van der Waals surface area contributed by atoms with Gasteiger partial charge in [-0.1, -0.05) is 6.07 Å². The van der Waals surface area contributed by atoms with Gasteiger partial charge in [0.2, 0.25) is 0 Å². The highest BCUT2D eigenvalue weighted by atomic mass is 32.2. The maximum atomic E-state index is 12.4. The molecule has 7 heteroatoms. The summed E-state index contributed by atoms with van der Waals surface area (Å²) in [7, 11) is -0.805. The minimum Gasteiger partial charge on any atom is -0.478 e. The number of urea groups is 1. The molecule has 1 N–H and O–H groups in total. The number of rotatable bonds is 1. The summed E-state index contributed by atoms with van der Waals surface area (Å²) in [5.74, 6) is 0.117. The Morgan fingerprint density at radius 3 is 2.38 bits per heavy atom. The average molecular weight is 308 g/mol. The molecule has 0 unspecified atom stereocenters. The normalized spacial score (nSPS) is 18.7. The Labute approximate surface area is 124 Å². The highest BCUT2D eigenvalue weighted by Gasteiger charge is 2.29. The van der Waals surface area contributed by atoms with Gasteiger partial charge in [-0.05, 0) is 23.3 Å². The molecule has 0 radical (unpaired) electrons. The van der Waals surface area contributed by atoms with Crippen molar-refractivity contribution in [2.75, 3.05) is 24.6 Å². The van der Waals surface area contributed by atoms with Crippen LogP contribution in [0.25, 0.3) is 0 Å². The molecule has 1 aromatic rings. The molecule has 21 heavy (non-hydrogen) atoms. The van der Waals surface area contributed by atoms with Gasteiger partial charge in [0, 0.05) is 48.5 Å². The number of hydrogen-bond acceptors (Lipinski definition) is 3. The van der Waals surface area contributed by atoms with E-state index in [2.05, 4.69) is 0 Å². The van der Waals surface area contributed by atoms with Crippen molar-refractivity contribution in [3.05, 3.63) is 34.9 Å². The van der Waals surface area contributed by atoms with Crippen molar-refractivity contribution < 1.29 is 18.9 Å². The summed E-state index contributed by atoms with van der Waals surface area (Å²) in [4.78, 5) is 26.8. The number of hydrogen-bond donors (Lipinski definition) is 1. The topological polar surface area (TPSA) is 77.9 Å².